The molecule has 1 N–H and O–H groups in total. The molecule has 0 amide bonds. The van der Waals surface area contributed by atoms with Crippen molar-refractivity contribution >= 4 is 23.4 Å². The lowest BCUT2D eigenvalue weighted by atomic mass is 10.0. The quantitative estimate of drug-likeness (QED) is 0.513. The molecule has 0 bridgehead atoms. The molecule has 1 fully saturated rings. The van der Waals surface area contributed by atoms with Gasteiger partial charge in [-0.1, -0.05) is 23.4 Å². The third-order valence-corrected chi connectivity index (χ3v) is 4.21. The average Bonchev–Trinajstić information content (AvgIpc) is 2.32. The summed E-state index contributed by atoms with van der Waals surface area (Å²) in [5, 5.41) is 4.77. The van der Waals surface area contributed by atoms with Crippen molar-refractivity contribution in [3.63, 3.8) is 0 Å². The zero-order valence-electron chi connectivity index (χ0n) is 9.37. The summed E-state index contributed by atoms with van der Waals surface area (Å²) in [6.07, 6.45) is 4.37. The predicted octanol–water partition coefficient (Wildman–Crippen LogP) is 2.53. The summed E-state index contributed by atoms with van der Waals surface area (Å²) in [6, 6.07) is 0. The van der Waals surface area contributed by atoms with Gasteiger partial charge in [-0.25, -0.2) is 9.97 Å². The Morgan fingerprint density at radius 1 is 1.62 bits per heavy atom. The van der Waals surface area contributed by atoms with Gasteiger partial charge in [0, 0.05) is 17.5 Å². The van der Waals surface area contributed by atoms with Gasteiger partial charge in [-0.05, 0) is 38.8 Å². The van der Waals surface area contributed by atoms with E-state index in [4.69, 9.17) is 11.6 Å². The highest BCUT2D eigenvalue weighted by molar-refractivity contribution is 7.99. The third kappa shape index (κ3) is 3.34. The van der Waals surface area contributed by atoms with Crippen molar-refractivity contribution in [1.29, 1.82) is 0 Å². The topological polar surface area (TPSA) is 37.8 Å². The van der Waals surface area contributed by atoms with Gasteiger partial charge in [0.1, 0.15) is 5.15 Å². The van der Waals surface area contributed by atoms with Gasteiger partial charge in [-0.15, -0.1) is 0 Å². The minimum Gasteiger partial charge on any atom is -0.316 e. The van der Waals surface area contributed by atoms with Crippen LogP contribution < -0.4 is 5.32 Å². The Bertz CT molecular complexity index is 353. The number of aryl methyl sites for hydroxylation is 1. The van der Waals surface area contributed by atoms with Crippen LogP contribution in [0.1, 0.15) is 18.4 Å². The second-order valence-electron chi connectivity index (χ2n) is 4.15. The lowest BCUT2D eigenvalue weighted by Gasteiger charge is -2.21. The summed E-state index contributed by atoms with van der Waals surface area (Å²) in [4.78, 5) is 8.52. The number of nitrogens with one attached hydrogen (secondary N) is 1. The number of piperidine rings is 1. The van der Waals surface area contributed by atoms with Gasteiger partial charge in [0.2, 0.25) is 0 Å². The molecule has 2 rings (SSSR count). The summed E-state index contributed by atoms with van der Waals surface area (Å²) in [6.45, 7) is 4.20. The van der Waals surface area contributed by atoms with Crippen LogP contribution in [0.4, 0.5) is 0 Å². The summed E-state index contributed by atoms with van der Waals surface area (Å²) in [7, 11) is 0. The van der Waals surface area contributed by atoms with Crippen LogP contribution in [-0.2, 0) is 0 Å². The number of hydrogen-bond donors (Lipinski definition) is 1. The lowest BCUT2D eigenvalue weighted by molar-refractivity contribution is 0.410. The molecule has 0 aromatic carbocycles. The largest absolute Gasteiger partial charge is 0.316 e. The summed E-state index contributed by atoms with van der Waals surface area (Å²) >= 11 is 7.66. The van der Waals surface area contributed by atoms with Crippen molar-refractivity contribution in [2.24, 2.45) is 5.92 Å². The molecule has 3 nitrogen and oxygen atoms in total. The van der Waals surface area contributed by atoms with Gasteiger partial charge in [0.15, 0.2) is 5.16 Å². The molecule has 1 aromatic heterocycles. The molecular weight excluding hydrogens is 242 g/mol. The second kappa shape index (κ2) is 5.84. The van der Waals surface area contributed by atoms with Gasteiger partial charge in [-0.2, -0.15) is 0 Å². The SMILES string of the molecule is Cc1cnc(SC[C@H]2CCCNC2)nc1Cl. The number of halogens is 1. The van der Waals surface area contributed by atoms with E-state index in [-0.39, 0.29) is 0 Å². The minimum absolute atomic E-state index is 0.569. The van der Waals surface area contributed by atoms with E-state index >= 15 is 0 Å². The minimum atomic E-state index is 0.569. The van der Waals surface area contributed by atoms with E-state index in [1.165, 1.54) is 12.8 Å². The standard InChI is InChI=1S/C11H16ClN3S/c1-8-5-14-11(15-10(8)12)16-7-9-3-2-4-13-6-9/h5,9,13H,2-4,6-7H2,1H3/t9-/m0/s1. The van der Waals surface area contributed by atoms with Crippen LogP contribution in [0.3, 0.4) is 0 Å². The summed E-state index contributed by atoms with van der Waals surface area (Å²) in [5.41, 5.74) is 0.936. The maximum absolute atomic E-state index is 5.96. The Balaban J connectivity index is 1.86. The number of thioether (sulfide) groups is 1. The molecule has 1 atom stereocenters. The number of aromatic nitrogens is 2. The van der Waals surface area contributed by atoms with E-state index in [2.05, 4.69) is 15.3 Å². The van der Waals surface area contributed by atoms with Crippen molar-refractivity contribution in [2.75, 3.05) is 18.8 Å². The first-order valence-electron chi connectivity index (χ1n) is 5.58. The second-order valence-corrected chi connectivity index (χ2v) is 5.49. The van der Waals surface area contributed by atoms with E-state index in [0.29, 0.717) is 5.15 Å². The number of nitrogens with zero attached hydrogens (tertiary/aromatic N) is 2. The van der Waals surface area contributed by atoms with Crippen LogP contribution in [0.5, 0.6) is 0 Å². The maximum atomic E-state index is 5.96. The van der Waals surface area contributed by atoms with Crippen LogP contribution >= 0.6 is 23.4 Å². The van der Waals surface area contributed by atoms with E-state index in [9.17, 15) is 0 Å². The molecule has 1 saturated heterocycles. The molecule has 1 aliphatic rings. The number of rotatable bonds is 3. The first-order chi connectivity index (χ1) is 7.75. The third-order valence-electron chi connectivity index (χ3n) is 2.73. The molecule has 2 heterocycles. The molecule has 0 saturated carbocycles. The van der Waals surface area contributed by atoms with E-state index in [0.717, 1.165) is 35.5 Å². The van der Waals surface area contributed by atoms with Crippen molar-refractivity contribution in [1.82, 2.24) is 15.3 Å². The maximum Gasteiger partial charge on any atom is 0.188 e. The first-order valence-corrected chi connectivity index (χ1v) is 6.94. The van der Waals surface area contributed by atoms with Crippen LogP contribution in [0.2, 0.25) is 5.15 Å². The molecule has 5 heteroatoms. The van der Waals surface area contributed by atoms with Gasteiger partial charge < -0.3 is 5.32 Å². The molecule has 1 aromatic rings. The molecule has 16 heavy (non-hydrogen) atoms. The molecule has 88 valence electrons. The molecule has 1 aliphatic heterocycles. The lowest BCUT2D eigenvalue weighted by Crippen LogP contribution is -2.30. The van der Waals surface area contributed by atoms with Crippen molar-refractivity contribution in [3.05, 3.63) is 16.9 Å². The van der Waals surface area contributed by atoms with Gasteiger partial charge >= 0.3 is 0 Å². The van der Waals surface area contributed by atoms with Gasteiger partial charge in [-0.3, -0.25) is 0 Å². The first kappa shape index (κ1) is 12.1. The van der Waals surface area contributed by atoms with Crippen molar-refractivity contribution < 1.29 is 0 Å². The Kier molecular flexibility index (Phi) is 4.44. The molecule has 0 unspecified atom stereocenters. The Labute approximate surface area is 105 Å². The molecule has 0 radical (unpaired) electrons. The zero-order chi connectivity index (χ0) is 11.4. The molecular formula is C11H16ClN3S. The van der Waals surface area contributed by atoms with Crippen LogP contribution in [0.25, 0.3) is 0 Å². The van der Waals surface area contributed by atoms with Gasteiger partial charge in [0.25, 0.3) is 0 Å². The number of hydrogen-bond acceptors (Lipinski definition) is 4. The predicted molar refractivity (Wildman–Crippen MR) is 68.1 cm³/mol. The van der Waals surface area contributed by atoms with E-state index < -0.39 is 0 Å². The fraction of sp³-hybridized carbons (Fsp3) is 0.636. The van der Waals surface area contributed by atoms with Crippen LogP contribution in [0, 0.1) is 12.8 Å². The zero-order valence-corrected chi connectivity index (χ0v) is 10.9. The highest BCUT2D eigenvalue weighted by Crippen LogP contribution is 2.22. The van der Waals surface area contributed by atoms with Crippen LogP contribution in [0.15, 0.2) is 11.4 Å². The summed E-state index contributed by atoms with van der Waals surface area (Å²) in [5.74, 6) is 1.81. The van der Waals surface area contributed by atoms with Crippen molar-refractivity contribution in [2.45, 2.75) is 24.9 Å². The van der Waals surface area contributed by atoms with E-state index in [1.54, 1.807) is 18.0 Å². The Morgan fingerprint density at radius 2 is 2.50 bits per heavy atom. The summed E-state index contributed by atoms with van der Waals surface area (Å²) < 4.78 is 0. The normalized spacial score (nSPS) is 21.0. The van der Waals surface area contributed by atoms with E-state index in [1.807, 2.05) is 6.92 Å². The molecule has 0 spiro atoms. The monoisotopic (exact) mass is 257 g/mol. The average molecular weight is 258 g/mol. The fourth-order valence-electron chi connectivity index (χ4n) is 1.73. The van der Waals surface area contributed by atoms with Crippen LogP contribution in [-0.4, -0.2) is 28.8 Å². The molecule has 0 aliphatic carbocycles. The Hall–Kier alpha value is -0.320. The smallest absolute Gasteiger partial charge is 0.188 e. The van der Waals surface area contributed by atoms with Crippen molar-refractivity contribution in [3.8, 4) is 0 Å². The highest BCUT2D eigenvalue weighted by Gasteiger charge is 2.14. The van der Waals surface area contributed by atoms with Gasteiger partial charge in [0.05, 0.1) is 0 Å². The fourth-order valence-corrected chi connectivity index (χ4v) is 2.87. The Morgan fingerprint density at radius 3 is 3.19 bits per heavy atom. The highest BCUT2D eigenvalue weighted by atomic mass is 35.5.